The van der Waals surface area contributed by atoms with Crippen molar-refractivity contribution in [3.63, 3.8) is 0 Å². The van der Waals surface area contributed by atoms with Gasteiger partial charge in [-0.1, -0.05) is 12.1 Å². The van der Waals surface area contributed by atoms with Crippen LogP contribution in [0.4, 0.5) is 0 Å². The third kappa shape index (κ3) is 2.51. The van der Waals surface area contributed by atoms with Crippen LogP contribution in [0.25, 0.3) is 22.4 Å². The van der Waals surface area contributed by atoms with Crippen molar-refractivity contribution in [2.45, 2.75) is 4.90 Å². The third-order valence-corrected chi connectivity index (χ3v) is 4.26. The minimum atomic E-state index is -3.26. The number of imidazole rings is 1. The number of nitrogens with one attached hydrogen (secondary N) is 1. The monoisotopic (exact) mass is 297 g/mol. The highest BCUT2D eigenvalue weighted by Gasteiger charge is 2.11. The van der Waals surface area contributed by atoms with Crippen LogP contribution in [0.15, 0.2) is 47.4 Å². The standard InChI is InChI=1S/C15H11N3O2S/c1-21(19,20)12-4-2-3-11(8-12)15-17-13-6-5-10(9-16)7-14(13)18-15/h2-8H,1H3,(H,17,18). The molecule has 0 radical (unpaired) electrons. The number of nitriles is 1. The maximum Gasteiger partial charge on any atom is 0.175 e. The van der Waals surface area contributed by atoms with Crippen LogP contribution in [0.5, 0.6) is 0 Å². The summed E-state index contributed by atoms with van der Waals surface area (Å²) in [6.07, 6.45) is 1.17. The van der Waals surface area contributed by atoms with Gasteiger partial charge in [0.25, 0.3) is 0 Å². The fourth-order valence-electron chi connectivity index (χ4n) is 2.09. The number of hydrogen-bond donors (Lipinski definition) is 1. The van der Waals surface area contributed by atoms with E-state index < -0.39 is 9.84 Å². The van der Waals surface area contributed by atoms with Crippen molar-refractivity contribution in [2.24, 2.45) is 0 Å². The maximum atomic E-state index is 11.6. The van der Waals surface area contributed by atoms with Crippen molar-refractivity contribution in [1.82, 2.24) is 9.97 Å². The zero-order chi connectivity index (χ0) is 15.0. The molecule has 0 atom stereocenters. The predicted octanol–water partition coefficient (Wildman–Crippen LogP) is 2.51. The molecular formula is C15H11N3O2S. The smallest absolute Gasteiger partial charge is 0.175 e. The number of benzene rings is 2. The van der Waals surface area contributed by atoms with Crippen LogP contribution in [0.1, 0.15) is 5.56 Å². The summed E-state index contributed by atoms with van der Waals surface area (Å²) < 4.78 is 23.2. The normalized spacial score (nSPS) is 11.4. The second kappa shape index (κ2) is 4.72. The number of aromatic nitrogens is 2. The van der Waals surface area contributed by atoms with Crippen molar-refractivity contribution in [3.05, 3.63) is 48.0 Å². The quantitative estimate of drug-likeness (QED) is 0.787. The maximum absolute atomic E-state index is 11.6. The van der Waals surface area contributed by atoms with Gasteiger partial charge in [0, 0.05) is 11.8 Å². The number of H-pyrrole nitrogens is 1. The van der Waals surface area contributed by atoms with Gasteiger partial charge in [0.15, 0.2) is 9.84 Å². The van der Waals surface area contributed by atoms with Gasteiger partial charge >= 0.3 is 0 Å². The fourth-order valence-corrected chi connectivity index (χ4v) is 2.76. The van der Waals surface area contributed by atoms with Gasteiger partial charge in [-0.15, -0.1) is 0 Å². The molecule has 0 aliphatic carbocycles. The Balaban J connectivity index is 2.15. The average Bonchev–Trinajstić information content (AvgIpc) is 2.89. The van der Waals surface area contributed by atoms with Crippen LogP contribution < -0.4 is 0 Å². The van der Waals surface area contributed by atoms with Crippen LogP contribution in [0, 0.1) is 11.3 Å². The van der Waals surface area contributed by atoms with E-state index in [2.05, 4.69) is 16.0 Å². The first-order chi connectivity index (χ1) is 9.97. The highest BCUT2D eigenvalue weighted by molar-refractivity contribution is 7.90. The van der Waals surface area contributed by atoms with Gasteiger partial charge in [0.1, 0.15) is 5.82 Å². The average molecular weight is 297 g/mol. The van der Waals surface area contributed by atoms with Gasteiger partial charge in [-0.2, -0.15) is 5.26 Å². The van der Waals surface area contributed by atoms with Crippen molar-refractivity contribution in [2.75, 3.05) is 6.26 Å². The lowest BCUT2D eigenvalue weighted by Crippen LogP contribution is -1.97. The Labute approximate surface area is 121 Å². The number of sulfone groups is 1. The Kier molecular flexibility index (Phi) is 3.00. The number of nitrogens with zero attached hydrogens (tertiary/aromatic N) is 2. The van der Waals surface area contributed by atoms with E-state index in [1.807, 2.05) is 0 Å². The van der Waals surface area contributed by atoms with E-state index >= 15 is 0 Å². The lowest BCUT2D eigenvalue weighted by Gasteiger charge is -2.00. The molecule has 1 heterocycles. The Hall–Kier alpha value is -2.65. The molecule has 6 heteroatoms. The van der Waals surface area contributed by atoms with Crippen LogP contribution in [0.3, 0.4) is 0 Å². The van der Waals surface area contributed by atoms with E-state index in [9.17, 15) is 8.42 Å². The first-order valence-corrected chi connectivity index (χ1v) is 8.07. The van der Waals surface area contributed by atoms with Gasteiger partial charge in [0.2, 0.25) is 0 Å². The highest BCUT2D eigenvalue weighted by atomic mass is 32.2. The number of aromatic amines is 1. The molecule has 0 saturated heterocycles. The Morgan fingerprint density at radius 1 is 1.19 bits per heavy atom. The molecule has 1 aromatic heterocycles. The molecule has 104 valence electrons. The Bertz CT molecular complexity index is 982. The molecule has 3 aromatic rings. The molecule has 0 fully saturated rings. The first-order valence-electron chi connectivity index (χ1n) is 6.18. The molecular weight excluding hydrogens is 286 g/mol. The molecule has 21 heavy (non-hydrogen) atoms. The van der Waals surface area contributed by atoms with Crippen LogP contribution in [0.2, 0.25) is 0 Å². The summed E-state index contributed by atoms with van der Waals surface area (Å²) in [6, 6.07) is 13.8. The molecule has 5 nitrogen and oxygen atoms in total. The van der Waals surface area contributed by atoms with Gasteiger partial charge in [-0.3, -0.25) is 0 Å². The summed E-state index contributed by atoms with van der Waals surface area (Å²) in [4.78, 5) is 7.78. The zero-order valence-corrected chi connectivity index (χ0v) is 12.0. The highest BCUT2D eigenvalue weighted by Crippen LogP contribution is 2.23. The lowest BCUT2D eigenvalue weighted by molar-refractivity contribution is 0.602. The second-order valence-corrected chi connectivity index (χ2v) is 6.74. The van der Waals surface area contributed by atoms with Gasteiger partial charge in [0.05, 0.1) is 27.6 Å². The van der Waals surface area contributed by atoms with Crippen LogP contribution in [-0.2, 0) is 9.84 Å². The molecule has 2 aromatic carbocycles. The molecule has 0 amide bonds. The topological polar surface area (TPSA) is 86.6 Å². The van der Waals surface area contributed by atoms with E-state index in [1.165, 1.54) is 6.26 Å². The van der Waals surface area contributed by atoms with Crippen molar-refractivity contribution < 1.29 is 8.42 Å². The van der Waals surface area contributed by atoms with E-state index in [0.29, 0.717) is 17.0 Å². The Morgan fingerprint density at radius 2 is 2.00 bits per heavy atom. The largest absolute Gasteiger partial charge is 0.338 e. The number of rotatable bonds is 2. The molecule has 0 saturated carbocycles. The number of hydrogen-bond acceptors (Lipinski definition) is 4. The third-order valence-electron chi connectivity index (χ3n) is 3.15. The molecule has 0 spiro atoms. The molecule has 0 aliphatic heterocycles. The summed E-state index contributed by atoms with van der Waals surface area (Å²) in [5.74, 6) is 0.575. The first kappa shape index (κ1) is 13.3. The van der Waals surface area contributed by atoms with Gasteiger partial charge in [-0.05, 0) is 30.3 Å². The minimum absolute atomic E-state index is 0.248. The molecule has 0 unspecified atom stereocenters. The lowest BCUT2D eigenvalue weighted by atomic mass is 10.2. The van der Waals surface area contributed by atoms with E-state index in [4.69, 9.17) is 5.26 Å². The van der Waals surface area contributed by atoms with E-state index in [1.54, 1.807) is 42.5 Å². The molecule has 0 aliphatic rings. The molecule has 1 N–H and O–H groups in total. The zero-order valence-electron chi connectivity index (χ0n) is 11.2. The van der Waals surface area contributed by atoms with Crippen LogP contribution >= 0.6 is 0 Å². The van der Waals surface area contributed by atoms with Crippen molar-refractivity contribution in [3.8, 4) is 17.5 Å². The molecule has 3 rings (SSSR count). The summed E-state index contributed by atoms with van der Waals surface area (Å²) in [5.41, 5.74) is 2.71. The van der Waals surface area contributed by atoms with Gasteiger partial charge < -0.3 is 4.98 Å². The summed E-state index contributed by atoms with van der Waals surface area (Å²) in [5, 5.41) is 8.90. The van der Waals surface area contributed by atoms with Crippen molar-refractivity contribution in [1.29, 1.82) is 5.26 Å². The SMILES string of the molecule is CS(=O)(=O)c1cccc(-c2nc3ccc(C#N)cc3[nH]2)c1. The fraction of sp³-hybridized carbons (Fsp3) is 0.0667. The summed E-state index contributed by atoms with van der Waals surface area (Å²) in [6.45, 7) is 0. The minimum Gasteiger partial charge on any atom is -0.338 e. The number of fused-ring (bicyclic) bond motifs is 1. The Morgan fingerprint density at radius 3 is 2.71 bits per heavy atom. The predicted molar refractivity (Wildman–Crippen MR) is 79.4 cm³/mol. The van der Waals surface area contributed by atoms with Crippen molar-refractivity contribution >= 4 is 20.9 Å². The summed E-state index contributed by atoms with van der Waals surface area (Å²) in [7, 11) is -3.26. The van der Waals surface area contributed by atoms with E-state index in [-0.39, 0.29) is 4.90 Å². The van der Waals surface area contributed by atoms with E-state index in [0.717, 1.165) is 11.0 Å². The van der Waals surface area contributed by atoms with Crippen LogP contribution in [-0.4, -0.2) is 24.6 Å². The summed E-state index contributed by atoms with van der Waals surface area (Å²) >= 11 is 0. The second-order valence-electron chi connectivity index (χ2n) is 4.73. The molecule has 0 bridgehead atoms. The van der Waals surface area contributed by atoms with Gasteiger partial charge in [-0.25, -0.2) is 13.4 Å².